The maximum Gasteiger partial charge on any atom is 0.338 e. The minimum atomic E-state index is -1.31. The zero-order valence-electron chi connectivity index (χ0n) is 8.85. The fourth-order valence-electron chi connectivity index (χ4n) is 1.64. The Bertz CT molecular complexity index is 736. The number of hydrogen-bond acceptors (Lipinski definition) is 4. The van der Waals surface area contributed by atoms with Gasteiger partial charge in [-0.2, -0.15) is 0 Å². The number of carboxylic acid groups (broad SMARTS) is 1. The lowest BCUT2D eigenvalue weighted by Crippen LogP contribution is -1.99. The predicted octanol–water partition coefficient (Wildman–Crippen LogP) is 2.52. The maximum absolute atomic E-state index is 13.5. The van der Waals surface area contributed by atoms with Gasteiger partial charge in [0.1, 0.15) is 11.6 Å². The van der Waals surface area contributed by atoms with Gasteiger partial charge in [0.15, 0.2) is 0 Å². The Hall–Kier alpha value is -2.28. The minimum Gasteiger partial charge on any atom is -0.478 e. The molecule has 0 bridgehead atoms. The number of carboxylic acids is 1. The molecule has 0 fully saturated rings. The second-order valence-corrected chi connectivity index (χ2v) is 4.49. The first-order chi connectivity index (χ1) is 8.65. The van der Waals surface area contributed by atoms with Crippen LogP contribution < -0.4 is 0 Å². The van der Waals surface area contributed by atoms with Crippen LogP contribution in [0.3, 0.4) is 0 Å². The highest BCUT2D eigenvalue weighted by molar-refractivity contribution is 7.13. The Morgan fingerprint density at radius 2 is 2.28 bits per heavy atom. The zero-order chi connectivity index (χ0) is 12.7. The number of hydrogen-bond donors (Lipinski definition) is 2. The zero-order valence-corrected chi connectivity index (χ0v) is 9.66. The van der Waals surface area contributed by atoms with Crippen molar-refractivity contribution in [2.45, 2.75) is 0 Å². The molecule has 0 saturated carbocycles. The van der Waals surface area contributed by atoms with Gasteiger partial charge in [-0.1, -0.05) is 0 Å². The number of nitrogens with zero attached hydrogens (tertiary/aromatic N) is 2. The number of imidazole rings is 1. The van der Waals surface area contributed by atoms with Gasteiger partial charge in [-0.05, 0) is 6.07 Å². The highest BCUT2D eigenvalue weighted by Gasteiger charge is 2.14. The van der Waals surface area contributed by atoms with Crippen molar-refractivity contribution in [3.63, 3.8) is 0 Å². The normalized spacial score (nSPS) is 10.9. The van der Waals surface area contributed by atoms with Crippen molar-refractivity contribution in [3.05, 3.63) is 35.2 Å². The number of halogens is 1. The molecular weight excluding hydrogens is 257 g/mol. The molecule has 3 aromatic rings. The van der Waals surface area contributed by atoms with Crippen molar-refractivity contribution in [1.82, 2.24) is 15.0 Å². The van der Waals surface area contributed by atoms with Gasteiger partial charge in [-0.3, -0.25) is 4.98 Å². The van der Waals surface area contributed by atoms with E-state index in [4.69, 9.17) is 5.11 Å². The Labute approximate surface area is 104 Å². The lowest BCUT2D eigenvalue weighted by atomic mass is 10.2. The van der Waals surface area contributed by atoms with E-state index in [9.17, 15) is 9.18 Å². The molecule has 0 unspecified atom stereocenters. The summed E-state index contributed by atoms with van der Waals surface area (Å²) in [5.74, 6) is -1.54. The molecular formula is C11H6FN3O2S. The number of carbonyl (C=O) groups is 1. The average Bonchev–Trinajstić information content (AvgIpc) is 2.95. The molecule has 90 valence electrons. The Morgan fingerprint density at radius 1 is 1.44 bits per heavy atom. The molecule has 0 aliphatic heterocycles. The quantitative estimate of drug-likeness (QED) is 0.744. The summed E-state index contributed by atoms with van der Waals surface area (Å²) in [4.78, 5) is 22.7. The van der Waals surface area contributed by atoms with Crippen molar-refractivity contribution < 1.29 is 14.3 Å². The molecule has 0 aliphatic rings. The lowest BCUT2D eigenvalue weighted by molar-refractivity contribution is 0.0692. The number of aromatic nitrogens is 3. The molecule has 0 saturated heterocycles. The Kier molecular flexibility index (Phi) is 2.34. The first-order valence-corrected chi connectivity index (χ1v) is 5.84. The van der Waals surface area contributed by atoms with Crippen LogP contribution in [-0.2, 0) is 0 Å². The molecule has 0 aliphatic carbocycles. The summed E-state index contributed by atoms with van der Waals surface area (Å²) in [5.41, 5.74) is 2.15. The summed E-state index contributed by atoms with van der Waals surface area (Å²) in [6, 6.07) is 2.35. The molecule has 0 amide bonds. The van der Waals surface area contributed by atoms with E-state index in [0.717, 1.165) is 10.9 Å². The molecule has 0 atom stereocenters. The third-order valence-corrected chi connectivity index (χ3v) is 3.25. The van der Waals surface area contributed by atoms with E-state index in [1.807, 2.05) is 0 Å². The number of rotatable bonds is 2. The Morgan fingerprint density at radius 3 is 2.94 bits per heavy atom. The van der Waals surface area contributed by atoms with Crippen molar-refractivity contribution >= 4 is 28.3 Å². The van der Waals surface area contributed by atoms with Crippen molar-refractivity contribution in [3.8, 4) is 10.7 Å². The fourth-order valence-corrected chi connectivity index (χ4v) is 2.21. The van der Waals surface area contributed by atoms with E-state index in [0.29, 0.717) is 16.9 Å². The van der Waals surface area contributed by atoms with Gasteiger partial charge >= 0.3 is 5.97 Å². The highest BCUT2D eigenvalue weighted by Crippen LogP contribution is 2.25. The lowest BCUT2D eigenvalue weighted by Gasteiger charge is -1.95. The van der Waals surface area contributed by atoms with Crippen LogP contribution >= 0.6 is 11.3 Å². The van der Waals surface area contributed by atoms with Crippen LogP contribution in [0.5, 0.6) is 0 Å². The summed E-state index contributed by atoms with van der Waals surface area (Å²) in [7, 11) is 0. The van der Waals surface area contributed by atoms with Crippen molar-refractivity contribution in [2.75, 3.05) is 0 Å². The first-order valence-electron chi connectivity index (χ1n) is 4.96. The van der Waals surface area contributed by atoms with Crippen LogP contribution in [0.2, 0.25) is 0 Å². The monoisotopic (exact) mass is 263 g/mol. The van der Waals surface area contributed by atoms with Gasteiger partial charge in [-0.15, -0.1) is 11.3 Å². The van der Waals surface area contributed by atoms with Gasteiger partial charge in [-0.25, -0.2) is 14.2 Å². The number of nitrogens with one attached hydrogen (secondary N) is 1. The number of benzene rings is 1. The standard InChI is InChI=1S/C11H6FN3O2S/c12-6-2-8-7(1-5(6)11(16)17)14-10(15-8)9-3-13-4-18-9/h1-4H,(H,14,15)(H,16,17). The van der Waals surface area contributed by atoms with Crippen LogP contribution in [0.25, 0.3) is 21.7 Å². The van der Waals surface area contributed by atoms with Crippen LogP contribution in [-0.4, -0.2) is 26.0 Å². The number of H-pyrrole nitrogens is 1. The summed E-state index contributed by atoms with van der Waals surface area (Å²) < 4.78 is 13.5. The van der Waals surface area contributed by atoms with Crippen molar-refractivity contribution in [2.24, 2.45) is 0 Å². The van der Waals surface area contributed by atoms with E-state index in [-0.39, 0.29) is 5.56 Å². The molecule has 18 heavy (non-hydrogen) atoms. The fraction of sp³-hybridized carbons (Fsp3) is 0. The van der Waals surface area contributed by atoms with Crippen molar-refractivity contribution in [1.29, 1.82) is 0 Å². The third kappa shape index (κ3) is 1.65. The SMILES string of the molecule is O=C(O)c1cc2nc(-c3cncs3)[nH]c2cc1F. The summed E-state index contributed by atoms with van der Waals surface area (Å²) in [5, 5.41) is 8.83. The second kappa shape index (κ2) is 3.88. The van der Waals surface area contributed by atoms with E-state index in [1.165, 1.54) is 17.4 Å². The average molecular weight is 263 g/mol. The van der Waals surface area contributed by atoms with E-state index >= 15 is 0 Å². The van der Waals surface area contributed by atoms with Gasteiger partial charge in [0.25, 0.3) is 0 Å². The smallest absolute Gasteiger partial charge is 0.338 e. The molecule has 1 aromatic carbocycles. The van der Waals surface area contributed by atoms with Crippen LogP contribution in [0, 0.1) is 5.82 Å². The van der Waals surface area contributed by atoms with Crippen LogP contribution in [0.4, 0.5) is 4.39 Å². The van der Waals surface area contributed by atoms with Crippen LogP contribution in [0.15, 0.2) is 23.8 Å². The molecule has 7 heteroatoms. The number of aromatic amines is 1. The summed E-state index contributed by atoms with van der Waals surface area (Å²) in [6.45, 7) is 0. The predicted molar refractivity (Wildman–Crippen MR) is 64.1 cm³/mol. The summed E-state index contributed by atoms with van der Waals surface area (Å²) >= 11 is 1.39. The van der Waals surface area contributed by atoms with E-state index in [2.05, 4.69) is 15.0 Å². The molecule has 0 spiro atoms. The van der Waals surface area contributed by atoms with E-state index < -0.39 is 11.8 Å². The molecule has 2 heterocycles. The van der Waals surface area contributed by atoms with Gasteiger partial charge in [0.05, 0.1) is 27.0 Å². The maximum atomic E-state index is 13.5. The first kappa shape index (κ1) is 10.8. The van der Waals surface area contributed by atoms with Gasteiger partial charge < -0.3 is 10.1 Å². The molecule has 2 N–H and O–H groups in total. The van der Waals surface area contributed by atoms with E-state index in [1.54, 1.807) is 11.7 Å². The third-order valence-electron chi connectivity index (χ3n) is 2.47. The van der Waals surface area contributed by atoms with Gasteiger partial charge in [0.2, 0.25) is 0 Å². The molecule has 5 nitrogen and oxygen atoms in total. The number of thiazole rings is 1. The number of aromatic carboxylic acids is 1. The molecule has 3 rings (SSSR count). The molecule has 2 aromatic heterocycles. The topological polar surface area (TPSA) is 78.9 Å². The Balaban J connectivity index is 2.21. The largest absolute Gasteiger partial charge is 0.478 e. The highest BCUT2D eigenvalue weighted by atomic mass is 32.1. The summed E-state index contributed by atoms with van der Waals surface area (Å²) in [6.07, 6.45) is 1.64. The minimum absolute atomic E-state index is 0.384. The molecule has 0 radical (unpaired) electrons. The number of fused-ring (bicyclic) bond motifs is 1. The second-order valence-electron chi connectivity index (χ2n) is 3.61. The van der Waals surface area contributed by atoms with Crippen LogP contribution in [0.1, 0.15) is 10.4 Å². The van der Waals surface area contributed by atoms with Gasteiger partial charge in [0, 0.05) is 12.3 Å².